The van der Waals surface area contributed by atoms with Gasteiger partial charge in [-0.2, -0.15) is 36.4 Å². The average molecular weight is 729 g/mol. The summed E-state index contributed by atoms with van der Waals surface area (Å²) in [6, 6.07) is 25.1. The van der Waals surface area contributed by atoms with Crippen LogP contribution in [0.2, 0.25) is 0 Å². The molecule has 2 aromatic carbocycles. The van der Waals surface area contributed by atoms with Crippen molar-refractivity contribution in [1.29, 1.82) is 0 Å². The Morgan fingerprint density at radius 3 is 1.06 bits per heavy atom. The minimum Gasteiger partial charge on any atom is -0.872 e. The van der Waals surface area contributed by atoms with E-state index in [9.17, 15) is 5.11 Å². The van der Waals surface area contributed by atoms with E-state index >= 15 is 0 Å². The first-order chi connectivity index (χ1) is 25.6. The number of benzene rings is 2. The van der Waals surface area contributed by atoms with Crippen LogP contribution in [0.5, 0.6) is 5.75 Å². The van der Waals surface area contributed by atoms with E-state index < -0.39 is 0 Å². The standard InChI is InChI=1S/2C15H26N2.C6H6O.C6H5.C5H12.2Li/c2*1-3-7-16-11-13-9-12(14(16)5-1)10-17-8-4-2-6-15(13)17;7-6-4-2-1-3-5-6;1-2-4-6-5-3-1;1-3-5-4-2;;/h2*12-15H,1-11H2;1-5,7H;1-5H;3-5H2,1-2H3;;/q;;;-1;;2*+1/p+3/t2*12-,13-,14-,15+;;;;;/m00...../s1. The summed E-state index contributed by atoms with van der Waals surface area (Å²) < 4.78 is 0. The fourth-order valence-corrected chi connectivity index (χ4v) is 12.5. The van der Waals surface area contributed by atoms with Crippen LogP contribution in [-0.4, -0.2) is 76.5 Å². The smallest absolute Gasteiger partial charge is 0.872 e. The molecule has 2 aromatic rings. The molecule has 0 radical (unpaired) electrons. The summed E-state index contributed by atoms with van der Waals surface area (Å²) in [6.07, 6.45) is 25.6. The molecule has 54 heavy (non-hydrogen) atoms. The minimum atomic E-state index is 0. The maximum Gasteiger partial charge on any atom is 1.00 e. The summed E-state index contributed by atoms with van der Waals surface area (Å²) in [5, 5.41) is 10.3. The van der Waals surface area contributed by atoms with E-state index in [1.807, 2.05) is 56.0 Å². The van der Waals surface area contributed by atoms with Gasteiger partial charge in [0.25, 0.3) is 0 Å². The molecule has 0 saturated carbocycles. The Kier molecular flexibility index (Phi) is 21.2. The molecule has 8 heterocycles. The molecular formula is C47H78Li2N4O+4. The van der Waals surface area contributed by atoms with Crippen LogP contribution in [0.15, 0.2) is 60.7 Å². The maximum atomic E-state index is 10.3. The fourth-order valence-electron chi connectivity index (χ4n) is 12.5. The van der Waals surface area contributed by atoms with Gasteiger partial charge in [0.15, 0.2) is 0 Å². The molecule has 8 aliphatic rings. The predicted molar refractivity (Wildman–Crippen MR) is 213 cm³/mol. The second-order valence-electron chi connectivity index (χ2n) is 18.1. The van der Waals surface area contributed by atoms with Gasteiger partial charge < -0.3 is 24.7 Å². The molecule has 5 nitrogen and oxygen atoms in total. The topological polar surface area (TPSA) is 40.8 Å². The first-order valence-electron chi connectivity index (χ1n) is 22.7. The first-order valence-corrected chi connectivity index (χ1v) is 22.7. The molecule has 0 amide bonds. The van der Waals surface area contributed by atoms with Gasteiger partial charge in [0.2, 0.25) is 0 Å². The maximum absolute atomic E-state index is 10.3. The third-order valence-electron chi connectivity index (χ3n) is 14.8. The van der Waals surface area contributed by atoms with Gasteiger partial charge in [-0.15, -0.1) is 5.75 Å². The molecule has 0 aromatic heterocycles. The molecule has 4 N–H and O–H groups in total. The Morgan fingerprint density at radius 1 is 0.500 bits per heavy atom. The van der Waals surface area contributed by atoms with Crippen molar-refractivity contribution in [1.82, 2.24) is 0 Å². The van der Waals surface area contributed by atoms with Crippen molar-refractivity contribution in [2.45, 2.75) is 147 Å². The van der Waals surface area contributed by atoms with Gasteiger partial charge in [-0.05, 0) is 64.2 Å². The van der Waals surface area contributed by atoms with Crippen LogP contribution in [0.4, 0.5) is 0 Å². The molecular weight excluding hydrogens is 650 g/mol. The van der Waals surface area contributed by atoms with E-state index in [2.05, 4.69) is 19.9 Å². The minimum absolute atomic E-state index is 0. The van der Waals surface area contributed by atoms with Crippen LogP contribution in [0.3, 0.4) is 0 Å². The number of para-hydroxylation sites is 1. The first kappa shape index (κ1) is 46.0. The third-order valence-corrected chi connectivity index (χ3v) is 14.8. The summed E-state index contributed by atoms with van der Waals surface area (Å²) in [4.78, 5) is 8.06. The van der Waals surface area contributed by atoms with Crippen LogP contribution < -0.4 is 62.4 Å². The molecule has 8 fully saturated rings. The molecule has 4 unspecified atom stereocenters. The monoisotopic (exact) mass is 729 g/mol. The summed E-state index contributed by atoms with van der Waals surface area (Å²) in [5.41, 5.74) is 0. The van der Waals surface area contributed by atoms with Crippen LogP contribution in [0, 0.1) is 29.7 Å². The van der Waals surface area contributed by atoms with Crippen molar-refractivity contribution in [3.8, 4) is 5.75 Å². The van der Waals surface area contributed by atoms with E-state index in [1.165, 1.54) is 135 Å². The molecule has 8 aliphatic heterocycles. The zero-order valence-electron chi connectivity index (χ0n) is 35.5. The molecule has 10 rings (SSSR count). The summed E-state index contributed by atoms with van der Waals surface area (Å²) in [6.45, 7) is 16.6. The molecule has 4 bridgehead atoms. The van der Waals surface area contributed by atoms with Gasteiger partial charge in [0, 0.05) is 25.7 Å². The van der Waals surface area contributed by atoms with Gasteiger partial charge in [-0.3, -0.25) is 0 Å². The Morgan fingerprint density at radius 2 is 0.833 bits per heavy atom. The van der Waals surface area contributed by atoms with Crippen molar-refractivity contribution in [2.75, 3.05) is 52.4 Å². The number of fused-ring (bicyclic) bond motifs is 12. The Labute approximate surface area is 356 Å². The van der Waals surface area contributed by atoms with Gasteiger partial charge in [0.05, 0.1) is 100 Å². The Bertz CT molecular complexity index is 1100. The molecule has 0 aliphatic carbocycles. The zero-order valence-corrected chi connectivity index (χ0v) is 35.5. The number of piperidine rings is 8. The van der Waals surface area contributed by atoms with Crippen molar-refractivity contribution in [3.05, 3.63) is 66.7 Å². The SMILES string of the molecule is C1CC[NH+]2C[C@@H]3C[C@@H](C[NH+]4CCCC[C@@H]34)[C@H]2C1.C1CC[NH+]2C[C@@H]3C[C@@H](C[NH+]4CCCC[C@@H]34)[C@H]2C1.CCCCC.[Li+].[Li+].[O-]c1ccccc1.[c-]1ccccc1. The van der Waals surface area contributed by atoms with Gasteiger partial charge in [0.1, 0.15) is 0 Å². The molecule has 8 saturated heterocycles. The third kappa shape index (κ3) is 13.2. The van der Waals surface area contributed by atoms with Crippen LogP contribution >= 0.6 is 0 Å². The van der Waals surface area contributed by atoms with Crippen molar-refractivity contribution in [3.63, 3.8) is 0 Å². The second-order valence-corrected chi connectivity index (χ2v) is 18.1. The van der Waals surface area contributed by atoms with E-state index in [4.69, 9.17) is 0 Å². The Balaban J connectivity index is 0.000000164. The number of rotatable bonds is 2. The summed E-state index contributed by atoms with van der Waals surface area (Å²) in [7, 11) is 0. The van der Waals surface area contributed by atoms with Gasteiger partial charge in [-0.1, -0.05) is 63.4 Å². The summed E-state index contributed by atoms with van der Waals surface area (Å²) in [5.74, 6) is 4.44. The second kappa shape index (κ2) is 24.9. The van der Waals surface area contributed by atoms with Crippen LogP contribution in [-0.2, 0) is 0 Å². The van der Waals surface area contributed by atoms with E-state index in [-0.39, 0.29) is 43.5 Å². The number of hydrogen-bond acceptors (Lipinski definition) is 1. The zero-order chi connectivity index (χ0) is 36.0. The van der Waals surface area contributed by atoms with E-state index in [0.29, 0.717) is 0 Å². The molecule has 0 spiro atoms. The largest absolute Gasteiger partial charge is 1.00 e. The number of hydrogen-bond donors (Lipinski definition) is 4. The predicted octanol–water partition coefficient (Wildman–Crippen LogP) is -2.53. The Hall–Kier alpha value is -0.725. The summed E-state index contributed by atoms with van der Waals surface area (Å²) >= 11 is 0. The van der Waals surface area contributed by atoms with Crippen LogP contribution in [0.25, 0.3) is 0 Å². The number of unbranched alkanes of at least 4 members (excludes halogenated alkanes) is 2. The van der Waals surface area contributed by atoms with Crippen LogP contribution in [0.1, 0.15) is 123 Å². The van der Waals surface area contributed by atoms with Gasteiger partial charge >= 0.3 is 37.7 Å². The van der Waals surface area contributed by atoms with Crippen molar-refractivity contribution in [2.24, 2.45) is 23.7 Å². The number of nitrogens with one attached hydrogen (secondary N) is 4. The quantitative estimate of drug-likeness (QED) is 0.200. The van der Waals surface area contributed by atoms with E-state index in [1.54, 1.807) is 50.7 Å². The number of quaternary nitrogens is 4. The van der Waals surface area contributed by atoms with E-state index in [0.717, 1.165) is 47.8 Å². The molecule has 290 valence electrons. The van der Waals surface area contributed by atoms with Crippen molar-refractivity contribution >= 4 is 0 Å². The average Bonchev–Trinajstić information content (AvgIpc) is 3.20. The normalized spacial score (nSPS) is 36.6. The molecule has 7 heteroatoms. The van der Waals surface area contributed by atoms with Crippen molar-refractivity contribution < 1.29 is 62.4 Å². The molecule has 12 atom stereocenters. The van der Waals surface area contributed by atoms with Gasteiger partial charge in [-0.25, -0.2) is 0 Å². The fraction of sp³-hybridized carbons (Fsp3) is 0.745.